The van der Waals surface area contributed by atoms with E-state index >= 15 is 0 Å². The Balaban J connectivity index is 2.30. The van der Waals surface area contributed by atoms with Crippen LogP contribution in [-0.2, 0) is 10.0 Å². The Labute approximate surface area is 121 Å². The highest BCUT2D eigenvalue weighted by molar-refractivity contribution is 7.89. The molecule has 0 saturated heterocycles. The predicted octanol–water partition coefficient (Wildman–Crippen LogP) is 2.28. The van der Waals surface area contributed by atoms with Gasteiger partial charge in [-0.1, -0.05) is 37.0 Å². The molecule has 1 aliphatic rings. The third-order valence-electron chi connectivity index (χ3n) is 4.08. The van der Waals surface area contributed by atoms with Gasteiger partial charge in [-0.2, -0.15) is 0 Å². The summed E-state index contributed by atoms with van der Waals surface area (Å²) in [4.78, 5) is 0.307. The van der Waals surface area contributed by atoms with Crippen LogP contribution in [0.3, 0.4) is 0 Å². The van der Waals surface area contributed by atoms with Crippen molar-refractivity contribution >= 4 is 10.0 Å². The Morgan fingerprint density at radius 3 is 2.40 bits per heavy atom. The number of aryl methyl sites for hydroxylation is 2. The standard InChI is InChI=1S/C15H23NO3S/c1-12-6-7-14(13(2)10-12)20(18,19)16-15(11-17)8-4-3-5-9-15/h6-7,10,16-17H,3-5,8-9,11H2,1-2H3. The predicted molar refractivity (Wildman–Crippen MR) is 79.1 cm³/mol. The summed E-state index contributed by atoms with van der Waals surface area (Å²) in [5.74, 6) is 0. The van der Waals surface area contributed by atoms with Crippen molar-refractivity contribution in [2.45, 2.75) is 56.4 Å². The lowest BCUT2D eigenvalue weighted by Gasteiger charge is -2.36. The summed E-state index contributed by atoms with van der Waals surface area (Å²) < 4.78 is 27.9. The minimum absolute atomic E-state index is 0.142. The van der Waals surface area contributed by atoms with Crippen LogP contribution in [-0.4, -0.2) is 25.7 Å². The smallest absolute Gasteiger partial charge is 0.241 e. The van der Waals surface area contributed by atoms with Crippen molar-refractivity contribution in [2.24, 2.45) is 0 Å². The first-order chi connectivity index (χ1) is 9.38. The quantitative estimate of drug-likeness (QED) is 0.896. The van der Waals surface area contributed by atoms with E-state index in [-0.39, 0.29) is 6.61 Å². The van der Waals surface area contributed by atoms with Crippen LogP contribution in [0.15, 0.2) is 23.1 Å². The first kappa shape index (κ1) is 15.5. The highest BCUT2D eigenvalue weighted by Crippen LogP contribution is 2.30. The molecule has 0 aliphatic heterocycles. The lowest BCUT2D eigenvalue weighted by Crippen LogP contribution is -2.52. The summed E-state index contributed by atoms with van der Waals surface area (Å²) in [6, 6.07) is 5.30. The van der Waals surface area contributed by atoms with Crippen molar-refractivity contribution in [1.82, 2.24) is 4.72 Å². The molecule has 0 heterocycles. The zero-order valence-electron chi connectivity index (χ0n) is 12.1. The Hall–Kier alpha value is -0.910. The van der Waals surface area contributed by atoms with Crippen molar-refractivity contribution in [2.75, 3.05) is 6.61 Å². The zero-order chi connectivity index (χ0) is 14.8. The summed E-state index contributed by atoms with van der Waals surface area (Å²) in [5, 5.41) is 9.64. The van der Waals surface area contributed by atoms with Crippen LogP contribution in [0.2, 0.25) is 0 Å². The molecule has 0 aromatic heterocycles. The van der Waals surface area contributed by atoms with Crippen LogP contribution in [0.1, 0.15) is 43.2 Å². The second kappa shape index (κ2) is 5.84. The number of benzene rings is 1. The van der Waals surface area contributed by atoms with Gasteiger partial charge in [-0.15, -0.1) is 0 Å². The molecule has 0 bridgehead atoms. The number of hydrogen-bond acceptors (Lipinski definition) is 3. The van der Waals surface area contributed by atoms with Gasteiger partial charge < -0.3 is 5.11 Å². The molecule has 2 rings (SSSR count). The molecule has 5 heteroatoms. The van der Waals surface area contributed by atoms with Gasteiger partial charge in [-0.3, -0.25) is 0 Å². The van der Waals surface area contributed by atoms with Gasteiger partial charge in [0.25, 0.3) is 0 Å². The van der Waals surface area contributed by atoms with Gasteiger partial charge in [0.15, 0.2) is 0 Å². The number of aliphatic hydroxyl groups is 1. The first-order valence-electron chi connectivity index (χ1n) is 7.11. The first-order valence-corrected chi connectivity index (χ1v) is 8.59. The number of nitrogens with one attached hydrogen (secondary N) is 1. The van der Waals surface area contributed by atoms with Gasteiger partial charge in [-0.25, -0.2) is 13.1 Å². The fraction of sp³-hybridized carbons (Fsp3) is 0.600. The summed E-state index contributed by atoms with van der Waals surface area (Å²) in [7, 11) is -3.59. The van der Waals surface area contributed by atoms with Crippen LogP contribution < -0.4 is 4.72 Å². The second-order valence-electron chi connectivity index (χ2n) is 5.87. The molecule has 0 radical (unpaired) electrons. The molecule has 1 fully saturated rings. The summed E-state index contributed by atoms with van der Waals surface area (Å²) in [6.45, 7) is 3.60. The number of aliphatic hydroxyl groups excluding tert-OH is 1. The van der Waals surface area contributed by atoms with Crippen molar-refractivity contribution in [1.29, 1.82) is 0 Å². The van der Waals surface area contributed by atoms with E-state index in [9.17, 15) is 13.5 Å². The Kier molecular flexibility index (Phi) is 4.52. The minimum atomic E-state index is -3.59. The minimum Gasteiger partial charge on any atom is -0.394 e. The fourth-order valence-electron chi connectivity index (χ4n) is 2.96. The van der Waals surface area contributed by atoms with E-state index < -0.39 is 15.6 Å². The lowest BCUT2D eigenvalue weighted by atomic mass is 9.83. The molecule has 1 saturated carbocycles. The van der Waals surface area contributed by atoms with Crippen LogP contribution in [0.25, 0.3) is 0 Å². The molecule has 0 unspecified atom stereocenters. The maximum absolute atomic E-state index is 12.6. The Morgan fingerprint density at radius 2 is 1.85 bits per heavy atom. The third-order valence-corrected chi connectivity index (χ3v) is 5.82. The van der Waals surface area contributed by atoms with E-state index in [0.29, 0.717) is 17.7 Å². The average Bonchev–Trinajstić information content (AvgIpc) is 2.38. The van der Waals surface area contributed by atoms with E-state index in [1.54, 1.807) is 19.1 Å². The SMILES string of the molecule is Cc1ccc(S(=O)(=O)NC2(CO)CCCCC2)c(C)c1. The van der Waals surface area contributed by atoms with Gasteiger partial charge in [0.05, 0.1) is 17.0 Å². The van der Waals surface area contributed by atoms with Crippen molar-refractivity contribution in [3.63, 3.8) is 0 Å². The van der Waals surface area contributed by atoms with Gasteiger partial charge >= 0.3 is 0 Å². The second-order valence-corrected chi connectivity index (χ2v) is 7.52. The summed E-state index contributed by atoms with van der Waals surface area (Å²) in [5.41, 5.74) is 1.09. The summed E-state index contributed by atoms with van der Waals surface area (Å²) in [6.07, 6.45) is 4.42. The summed E-state index contributed by atoms with van der Waals surface area (Å²) >= 11 is 0. The van der Waals surface area contributed by atoms with Gasteiger partial charge in [0.1, 0.15) is 0 Å². The van der Waals surface area contributed by atoms with Gasteiger partial charge in [0.2, 0.25) is 10.0 Å². The molecule has 1 aliphatic carbocycles. The molecule has 1 aromatic carbocycles. The van der Waals surface area contributed by atoms with Crippen molar-refractivity contribution in [3.05, 3.63) is 29.3 Å². The maximum atomic E-state index is 12.6. The van der Waals surface area contributed by atoms with Gasteiger partial charge in [0, 0.05) is 0 Å². The van der Waals surface area contributed by atoms with E-state index in [2.05, 4.69) is 4.72 Å². The molecule has 4 nitrogen and oxygen atoms in total. The fourth-order valence-corrected chi connectivity index (χ4v) is 4.64. The highest BCUT2D eigenvalue weighted by atomic mass is 32.2. The molecule has 112 valence electrons. The van der Waals surface area contributed by atoms with Crippen LogP contribution >= 0.6 is 0 Å². The van der Waals surface area contributed by atoms with Crippen molar-refractivity contribution < 1.29 is 13.5 Å². The number of sulfonamides is 1. The monoisotopic (exact) mass is 297 g/mol. The topological polar surface area (TPSA) is 66.4 Å². The van der Waals surface area contributed by atoms with E-state index in [4.69, 9.17) is 0 Å². The molecule has 0 atom stereocenters. The maximum Gasteiger partial charge on any atom is 0.241 e. The molecular weight excluding hydrogens is 274 g/mol. The zero-order valence-corrected chi connectivity index (χ0v) is 13.0. The van der Waals surface area contributed by atoms with Crippen LogP contribution in [0.4, 0.5) is 0 Å². The molecule has 1 aromatic rings. The van der Waals surface area contributed by atoms with E-state index in [1.807, 2.05) is 13.0 Å². The van der Waals surface area contributed by atoms with Crippen molar-refractivity contribution in [3.8, 4) is 0 Å². The normalized spacial score (nSPS) is 18.9. The number of rotatable bonds is 4. The van der Waals surface area contributed by atoms with Gasteiger partial charge in [-0.05, 0) is 38.3 Å². The molecule has 0 spiro atoms. The largest absolute Gasteiger partial charge is 0.394 e. The molecule has 0 amide bonds. The number of hydrogen-bond donors (Lipinski definition) is 2. The Bertz CT molecular complexity index is 575. The Morgan fingerprint density at radius 1 is 1.20 bits per heavy atom. The average molecular weight is 297 g/mol. The van der Waals surface area contributed by atoms with E-state index in [1.165, 1.54) is 0 Å². The van der Waals surface area contributed by atoms with E-state index in [0.717, 1.165) is 30.4 Å². The molecular formula is C15H23NO3S. The highest BCUT2D eigenvalue weighted by Gasteiger charge is 2.36. The van der Waals surface area contributed by atoms with Crippen LogP contribution in [0.5, 0.6) is 0 Å². The molecule has 2 N–H and O–H groups in total. The molecule has 20 heavy (non-hydrogen) atoms. The van der Waals surface area contributed by atoms with Crippen LogP contribution in [0, 0.1) is 13.8 Å². The lowest BCUT2D eigenvalue weighted by molar-refractivity contribution is 0.142. The third kappa shape index (κ3) is 3.22.